The van der Waals surface area contributed by atoms with Crippen molar-refractivity contribution in [2.75, 3.05) is 25.1 Å². The van der Waals surface area contributed by atoms with Crippen LogP contribution >= 0.6 is 0 Å². The van der Waals surface area contributed by atoms with Gasteiger partial charge in [-0.05, 0) is 43.6 Å². The van der Waals surface area contributed by atoms with Gasteiger partial charge in [0.2, 0.25) is 5.91 Å². The molecular weight excluding hydrogens is 324 g/mol. The molecule has 1 aliphatic rings. The summed E-state index contributed by atoms with van der Waals surface area (Å²) in [7, 11) is -3.08. The maximum Gasteiger partial charge on any atom is 0.239 e. The van der Waals surface area contributed by atoms with Crippen LogP contribution in [0.5, 0.6) is 0 Å². The lowest BCUT2D eigenvalue weighted by Crippen LogP contribution is -2.47. The minimum atomic E-state index is -3.08. The molecule has 0 saturated carbocycles. The highest BCUT2D eigenvalue weighted by atomic mass is 32.2. The SMILES string of the molecule is CS(=O)(=O)CCC(N)C(=O)N1CCC(CCc2ccccc2)CC1. The van der Waals surface area contributed by atoms with Gasteiger partial charge >= 0.3 is 0 Å². The smallest absolute Gasteiger partial charge is 0.239 e. The maximum absolute atomic E-state index is 12.3. The summed E-state index contributed by atoms with van der Waals surface area (Å²) in [6, 6.07) is 9.75. The third-order valence-corrected chi connectivity index (χ3v) is 5.70. The monoisotopic (exact) mass is 352 g/mol. The predicted octanol–water partition coefficient (Wildman–Crippen LogP) is 1.62. The molecule has 2 rings (SSSR count). The van der Waals surface area contributed by atoms with Crippen molar-refractivity contribution < 1.29 is 13.2 Å². The summed E-state index contributed by atoms with van der Waals surface area (Å²) < 4.78 is 22.4. The molecule has 1 saturated heterocycles. The topological polar surface area (TPSA) is 80.5 Å². The Balaban J connectivity index is 1.72. The number of nitrogens with zero attached hydrogens (tertiary/aromatic N) is 1. The van der Waals surface area contributed by atoms with Gasteiger partial charge in [0.1, 0.15) is 9.84 Å². The molecule has 24 heavy (non-hydrogen) atoms. The number of aryl methyl sites for hydroxylation is 1. The van der Waals surface area contributed by atoms with Crippen LogP contribution in [0.4, 0.5) is 0 Å². The van der Waals surface area contributed by atoms with Gasteiger partial charge in [-0.2, -0.15) is 0 Å². The van der Waals surface area contributed by atoms with Crippen molar-refractivity contribution in [2.45, 2.75) is 38.1 Å². The van der Waals surface area contributed by atoms with Gasteiger partial charge in [0.25, 0.3) is 0 Å². The fourth-order valence-electron chi connectivity index (χ4n) is 3.16. The summed E-state index contributed by atoms with van der Waals surface area (Å²) in [6.07, 6.45) is 5.59. The lowest BCUT2D eigenvalue weighted by Gasteiger charge is -2.33. The van der Waals surface area contributed by atoms with E-state index >= 15 is 0 Å². The highest BCUT2D eigenvalue weighted by molar-refractivity contribution is 7.90. The lowest BCUT2D eigenvalue weighted by atomic mass is 9.90. The number of likely N-dealkylation sites (tertiary alicyclic amines) is 1. The van der Waals surface area contributed by atoms with Gasteiger partial charge < -0.3 is 10.6 Å². The molecule has 1 atom stereocenters. The van der Waals surface area contributed by atoms with E-state index in [2.05, 4.69) is 24.3 Å². The normalized spacial score (nSPS) is 17.7. The molecule has 5 nitrogen and oxygen atoms in total. The van der Waals surface area contributed by atoms with Gasteiger partial charge in [0.15, 0.2) is 0 Å². The van der Waals surface area contributed by atoms with E-state index in [0.717, 1.165) is 38.8 Å². The molecule has 0 bridgehead atoms. The van der Waals surface area contributed by atoms with E-state index in [1.54, 1.807) is 4.90 Å². The van der Waals surface area contributed by atoms with Gasteiger partial charge in [-0.3, -0.25) is 4.79 Å². The summed E-state index contributed by atoms with van der Waals surface area (Å²) >= 11 is 0. The quantitative estimate of drug-likeness (QED) is 0.808. The summed E-state index contributed by atoms with van der Waals surface area (Å²) in [4.78, 5) is 14.1. The number of sulfone groups is 1. The molecule has 0 spiro atoms. The number of hydrogen-bond acceptors (Lipinski definition) is 4. The highest BCUT2D eigenvalue weighted by Gasteiger charge is 2.26. The number of carbonyl (C=O) groups excluding carboxylic acids is 1. The predicted molar refractivity (Wildman–Crippen MR) is 96.4 cm³/mol. The molecule has 1 aromatic carbocycles. The third-order valence-electron chi connectivity index (χ3n) is 4.73. The summed E-state index contributed by atoms with van der Waals surface area (Å²) in [5, 5.41) is 0. The average Bonchev–Trinajstić information content (AvgIpc) is 2.58. The number of carbonyl (C=O) groups is 1. The van der Waals surface area contributed by atoms with E-state index in [9.17, 15) is 13.2 Å². The highest BCUT2D eigenvalue weighted by Crippen LogP contribution is 2.23. The minimum Gasteiger partial charge on any atom is -0.341 e. The average molecular weight is 353 g/mol. The van der Waals surface area contributed by atoms with Crippen LogP contribution in [0.1, 0.15) is 31.2 Å². The Morgan fingerprint density at radius 2 is 1.88 bits per heavy atom. The molecule has 134 valence electrons. The number of piperidine rings is 1. The zero-order valence-corrected chi connectivity index (χ0v) is 15.2. The van der Waals surface area contributed by atoms with Crippen molar-refractivity contribution in [3.63, 3.8) is 0 Å². The number of benzene rings is 1. The van der Waals surface area contributed by atoms with E-state index in [0.29, 0.717) is 5.92 Å². The van der Waals surface area contributed by atoms with Crippen molar-refractivity contribution in [1.29, 1.82) is 0 Å². The molecule has 1 aromatic rings. The standard InChI is InChI=1S/C18H28N2O3S/c1-24(22,23)14-11-17(19)18(21)20-12-9-16(10-13-20)8-7-15-5-3-2-4-6-15/h2-6,16-17H,7-14,19H2,1H3. The number of hydrogen-bond donors (Lipinski definition) is 1. The Bertz CT molecular complexity index is 623. The van der Waals surface area contributed by atoms with Crippen molar-refractivity contribution in [1.82, 2.24) is 4.90 Å². The number of nitrogens with two attached hydrogens (primary N) is 1. The Labute approximate surface area is 145 Å². The molecule has 1 unspecified atom stereocenters. The molecule has 6 heteroatoms. The van der Waals surface area contributed by atoms with Crippen molar-refractivity contribution in [2.24, 2.45) is 11.7 Å². The van der Waals surface area contributed by atoms with E-state index in [4.69, 9.17) is 5.73 Å². The Morgan fingerprint density at radius 3 is 2.46 bits per heavy atom. The van der Waals surface area contributed by atoms with Crippen molar-refractivity contribution in [3.8, 4) is 0 Å². The van der Waals surface area contributed by atoms with Crippen LogP contribution in [0, 0.1) is 5.92 Å². The Kier molecular flexibility index (Phi) is 6.80. The van der Waals surface area contributed by atoms with Gasteiger partial charge in [0.05, 0.1) is 11.8 Å². The van der Waals surface area contributed by atoms with Gasteiger partial charge in [-0.15, -0.1) is 0 Å². The maximum atomic E-state index is 12.3. The van der Waals surface area contributed by atoms with Gasteiger partial charge in [-0.1, -0.05) is 30.3 Å². The molecule has 1 amide bonds. The van der Waals surface area contributed by atoms with Crippen LogP contribution in [-0.2, 0) is 21.1 Å². The molecular formula is C18H28N2O3S. The molecule has 1 fully saturated rings. The van der Waals surface area contributed by atoms with E-state index in [-0.39, 0.29) is 18.1 Å². The molecule has 1 heterocycles. The second kappa shape index (κ2) is 8.62. The Hall–Kier alpha value is -1.40. The first-order chi connectivity index (χ1) is 11.3. The van der Waals surface area contributed by atoms with E-state index in [1.807, 2.05) is 6.07 Å². The zero-order valence-electron chi connectivity index (χ0n) is 14.4. The zero-order chi connectivity index (χ0) is 17.6. The first-order valence-electron chi connectivity index (χ1n) is 8.61. The first kappa shape index (κ1) is 18.9. The first-order valence-corrected chi connectivity index (χ1v) is 10.7. The van der Waals surface area contributed by atoms with Crippen LogP contribution in [0.2, 0.25) is 0 Å². The number of rotatable bonds is 7. The molecule has 0 radical (unpaired) electrons. The molecule has 0 aromatic heterocycles. The van der Waals surface area contributed by atoms with Crippen LogP contribution in [-0.4, -0.2) is 50.4 Å². The summed E-state index contributed by atoms with van der Waals surface area (Å²) in [5.74, 6) is 0.495. The van der Waals surface area contributed by atoms with Crippen LogP contribution in [0.3, 0.4) is 0 Å². The molecule has 2 N–H and O–H groups in total. The summed E-state index contributed by atoms with van der Waals surface area (Å²) in [6.45, 7) is 1.45. The molecule has 1 aliphatic heterocycles. The largest absolute Gasteiger partial charge is 0.341 e. The van der Waals surface area contributed by atoms with Crippen molar-refractivity contribution in [3.05, 3.63) is 35.9 Å². The van der Waals surface area contributed by atoms with Crippen LogP contribution in [0.25, 0.3) is 0 Å². The van der Waals surface area contributed by atoms with Crippen LogP contribution < -0.4 is 5.73 Å². The fourth-order valence-corrected chi connectivity index (χ4v) is 3.84. The van der Waals surface area contributed by atoms with Crippen LogP contribution in [0.15, 0.2) is 30.3 Å². The molecule has 0 aliphatic carbocycles. The Morgan fingerprint density at radius 1 is 1.25 bits per heavy atom. The third kappa shape index (κ3) is 6.24. The van der Waals surface area contributed by atoms with E-state index < -0.39 is 15.9 Å². The van der Waals surface area contributed by atoms with Gasteiger partial charge in [-0.25, -0.2) is 8.42 Å². The minimum absolute atomic E-state index is 0.0343. The van der Waals surface area contributed by atoms with Crippen molar-refractivity contribution >= 4 is 15.7 Å². The lowest BCUT2D eigenvalue weighted by molar-refractivity contribution is -0.134. The van der Waals surface area contributed by atoms with E-state index in [1.165, 1.54) is 11.8 Å². The fraction of sp³-hybridized carbons (Fsp3) is 0.611. The van der Waals surface area contributed by atoms with Gasteiger partial charge in [0, 0.05) is 19.3 Å². The second-order valence-electron chi connectivity index (χ2n) is 6.82. The summed E-state index contributed by atoms with van der Waals surface area (Å²) in [5.41, 5.74) is 7.23. The second-order valence-corrected chi connectivity index (χ2v) is 9.08. The number of amides is 1.